The number of anilines is 1. The van der Waals surface area contributed by atoms with E-state index in [4.69, 9.17) is 11.6 Å². The fourth-order valence-electron chi connectivity index (χ4n) is 4.13. The minimum absolute atomic E-state index is 0.283. The Kier molecular flexibility index (Phi) is 6.23. The summed E-state index contributed by atoms with van der Waals surface area (Å²) in [5.41, 5.74) is 6.49. The molecule has 1 aliphatic heterocycles. The van der Waals surface area contributed by atoms with E-state index in [1.54, 1.807) is 0 Å². The van der Waals surface area contributed by atoms with Gasteiger partial charge in [-0.3, -0.25) is 4.90 Å². The number of piperazine rings is 1. The Hall–Kier alpha value is -1.88. The summed E-state index contributed by atoms with van der Waals surface area (Å²) in [6, 6.07) is 19.5. The molecule has 1 saturated heterocycles. The van der Waals surface area contributed by atoms with E-state index in [1.807, 2.05) is 24.4 Å². The maximum Gasteiger partial charge on any atom is 0.106 e. The van der Waals surface area contributed by atoms with Crippen molar-refractivity contribution >= 4 is 33.2 Å². The highest BCUT2D eigenvalue weighted by Gasteiger charge is 2.29. The Morgan fingerprint density at radius 2 is 1.83 bits per heavy atom. The van der Waals surface area contributed by atoms with Gasteiger partial charge in [0.1, 0.15) is 4.60 Å². The van der Waals surface area contributed by atoms with Crippen molar-refractivity contribution in [2.75, 3.05) is 24.5 Å². The predicted molar refractivity (Wildman–Crippen MR) is 125 cm³/mol. The van der Waals surface area contributed by atoms with Crippen LogP contribution in [-0.2, 0) is 6.54 Å². The number of hydrogen-bond donors (Lipinski definition) is 0. The number of aromatic nitrogens is 1. The third-order valence-electron chi connectivity index (χ3n) is 5.58. The predicted octanol–water partition coefficient (Wildman–Crippen LogP) is 6.18. The van der Waals surface area contributed by atoms with Crippen LogP contribution in [0.5, 0.6) is 0 Å². The van der Waals surface area contributed by atoms with Crippen molar-refractivity contribution < 1.29 is 0 Å². The monoisotopic (exact) mass is 469 g/mol. The third kappa shape index (κ3) is 4.82. The molecule has 1 unspecified atom stereocenters. The van der Waals surface area contributed by atoms with Crippen molar-refractivity contribution in [3.8, 4) is 0 Å². The smallest absolute Gasteiger partial charge is 0.106 e. The van der Waals surface area contributed by atoms with Crippen LogP contribution in [0.15, 0.2) is 65.4 Å². The molecule has 1 aliphatic rings. The number of benzene rings is 2. The number of rotatable bonds is 4. The lowest BCUT2D eigenvalue weighted by molar-refractivity contribution is 0.215. The Morgan fingerprint density at radius 3 is 2.52 bits per heavy atom. The summed E-state index contributed by atoms with van der Waals surface area (Å²) in [7, 11) is 0. The maximum atomic E-state index is 6.16. The van der Waals surface area contributed by atoms with E-state index in [2.05, 4.69) is 81.0 Å². The first kappa shape index (κ1) is 20.4. The summed E-state index contributed by atoms with van der Waals surface area (Å²) >= 11 is 9.58. The molecule has 1 fully saturated rings. The summed E-state index contributed by atoms with van der Waals surface area (Å²) in [6.45, 7) is 8.24. The molecule has 2 heterocycles. The van der Waals surface area contributed by atoms with Crippen molar-refractivity contribution in [2.45, 2.75) is 26.4 Å². The zero-order valence-electron chi connectivity index (χ0n) is 16.8. The van der Waals surface area contributed by atoms with Crippen LogP contribution in [-0.4, -0.2) is 29.5 Å². The lowest BCUT2D eigenvalue weighted by Crippen LogP contribution is -2.48. The van der Waals surface area contributed by atoms with E-state index in [9.17, 15) is 0 Å². The van der Waals surface area contributed by atoms with Gasteiger partial charge in [0.2, 0.25) is 0 Å². The minimum atomic E-state index is 0.283. The summed E-state index contributed by atoms with van der Waals surface area (Å²) in [6.07, 6.45) is 1.96. The van der Waals surface area contributed by atoms with Crippen molar-refractivity contribution in [1.29, 1.82) is 0 Å². The molecule has 5 heteroatoms. The topological polar surface area (TPSA) is 19.4 Å². The second-order valence-corrected chi connectivity index (χ2v) is 9.02. The molecular formula is C24H25BrClN3. The standard InChI is InChI=1S/C24H25BrClN3/c1-17-3-9-22(18(2)13-17)29-12-11-28(15-19-4-10-24(25)27-14-19)16-23(29)20-5-7-21(26)8-6-20/h3-10,13-14,23H,11-12,15-16H2,1-2H3. The lowest BCUT2D eigenvalue weighted by atomic mass is 9.99. The molecule has 1 aromatic heterocycles. The second kappa shape index (κ2) is 8.86. The van der Waals surface area contributed by atoms with Gasteiger partial charge in [-0.25, -0.2) is 4.98 Å². The van der Waals surface area contributed by atoms with E-state index >= 15 is 0 Å². The molecule has 4 rings (SSSR count). The van der Waals surface area contributed by atoms with Gasteiger partial charge in [0.05, 0.1) is 6.04 Å². The van der Waals surface area contributed by atoms with Crippen LogP contribution in [0.25, 0.3) is 0 Å². The van der Waals surface area contributed by atoms with E-state index in [-0.39, 0.29) is 6.04 Å². The van der Waals surface area contributed by atoms with Gasteiger partial charge in [-0.15, -0.1) is 0 Å². The molecule has 0 amide bonds. The molecular weight excluding hydrogens is 446 g/mol. The zero-order valence-corrected chi connectivity index (χ0v) is 19.1. The van der Waals surface area contributed by atoms with Crippen LogP contribution >= 0.6 is 27.5 Å². The molecule has 3 aromatic rings. The summed E-state index contributed by atoms with van der Waals surface area (Å²) in [4.78, 5) is 9.45. The van der Waals surface area contributed by atoms with Gasteiger partial charge < -0.3 is 4.90 Å². The molecule has 1 atom stereocenters. The molecule has 0 spiro atoms. The molecule has 2 aromatic carbocycles. The Labute approximate surface area is 186 Å². The molecule has 0 aliphatic carbocycles. The van der Waals surface area contributed by atoms with Crippen molar-refractivity contribution in [1.82, 2.24) is 9.88 Å². The van der Waals surface area contributed by atoms with Gasteiger partial charge in [-0.1, -0.05) is 47.5 Å². The van der Waals surface area contributed by atoms with Gasteiger partial charge >= 0.3 is 0 Å². The number of aryl methyl sites for hydroxylation is 2. The third-order valence-corrected chi connectivity index (χ3v) is 6.30. The highest BCUT2D eigenvalue weighted by molar-refractivity contribution is 9.10. The lowest BCUT2D eigenvalue weighted by Gasteiger charge is -2.43. The van der Waals surface area contributed by atoms with Gasteiger partial charge in [-0.05, 0) is 70.7 Å². The fraction of sp³-hybridized carbons (Fsp3) is 0.292. The first-order valence-corrected chi connectivity index (χ1v) is 11.1. The number of hydrogen-bond acceptors (Lipinski definition) is 3. The normalized spacial score (nSPS) is 17.5. The molecule has 29 heavy (non-hydrogen) atoms. The largest absolute Gasteiger partial charge is 0.362 e. The van der Waals surface area contributed by atoms with Gasteiger partial charge in [0.25, 0.3) is 0 Å². The average molecular weight is 471 g/mol. The first-order valence-electron chi connectivity index (χ1n) is 9.92. The van der Waals surface area contributed by atoms with Crippen LogP contribution < -0.4 is 4.90 Å². The van der Waals surface area contributed by atoms with Crippen LogP contribution in [0.1, 0.15) is 28.3 Å². The quantitative estimate of drug-likeness (QED) is 0.425. The molecule has 150 valence electrons. The molecule has 3 nitrogen and oxygen atoms in total. The van der Waals surface area contributed by atoms with Crippen LogP contribution in [0.2, 0.25) is 5.02 Å². The van der Waals surface area contributed by atoms with Crippen LogP contribution in [0.4, 0.5) is 5.69 Å². The van der Waals surface area contributed by atoms with Crippen LogP contribution in [0, 0.1) is 13.8 Å². The molecule has 0 N–H and O–H groups in total. The number of halogens is 2. The summed E-state index contributed by atoms with van der Waals surface area (Å²) < 4.78 is 0.875. The van der Waals surface area contributed by atoms with Crippen molar-refractivity contribution in [3.05, 3.63) is 92.7 Å². The number of nitrogens with zero attached hydrogens (tertiary/aromatic N) is 3. The van der Waals surface area contributed by atoms with Gasteiger partial charge in [0, 0.05) is 43.1 Å². The zero-order chi connectivity index (χ0) is 20.4. The van der Waals surface area contributed by atoms with Gasteiger partial charge in [0.15, 0.2) is 0 Å². The van der Waals surface area contributed by atoms with Gasteiger partial charge in [-0.2, -0.15) is 0 Å². The number of pyridine rings is 1. The highest BCUT2D eigenvalue weighted by atomic mass is 79.9. The Morgan fingerprint density at radius 1 is 1.03 bits per heavy atom. The van der Waals surface area contributed by atoms with Crippen molar-refractivity contribution in [2.24, 2.45) is 0 Å². The Bertz CT molecular complexity index is 972. The second-order valence-electron chi connectivity index (χ2n) is 7.77. The molecule has 0 saturated carbocycles. The highest BCUT2D eigenvalue weighted by Crippen LogP contribution is 2.34. The van der Waals surface area contributed by atoms with Crippen molar-refractivity contribution in [3.63, 3.8) is 0 Å². The maximum absolute atomic E-state index is 6.16. The Balaban J connectivity index is 1.62. The van der Waals surface area contributed by atoms with E-state index in [0.29, 0.717) is 0 Å². The van der Waals surface area contributed by atoms with E-state index in [1.165, 1.54) is 27.9 Å². The van der Waals surface area contributed by atoms with E-state index in [0.717, 1.165) is 35.8 Å². The molecule has 0 radical (unpaired) electrons. The molecule has 0 bridgehead atoms. The van der Waals surface area contributed by atoms with E-state index < -0.39 is 0 Å². The first-order chi connectivity index (χ1) is 14.0. The minimum Gasteiger partial charge on any atom is -0.362 e. The fourth-order valence-corrected chi connectivity index (χ4v) is 4.49. The average Bonchev–Trinajstić information content (AvgIpc) is 2.71. The SMILES string of the molecule is Cc1ccc(N2CCN(Cc3ccc(Br)nc3)CC2c2ccc(Cl)cc2)c(C)c1. The summed E-state index contributed by atoms with van der Waals surface area (Å²) in [5, 5.41) is 0.778. The van der Waals surface area contributed by atoms with Crippen LogP contribution in [0.3, 0.4) is 0 Å². The summed E-state index contributed by atoms with van der Waals surface area (Å²) in [5.74, 6) is 0.